The maximum Gasteiger partial charge on any atom is 0.339 e. The third-order valence-corrected chi connectivity index (χ3v) is 3.42. The highest BCUT2D eigenvalue weighted by molar-refractivity contribution is 5.93. The second kappa shape index (κ2) is 6.92. The van der Waals surface area contributed by atoms with Gasteiger partial charge >= 0.3 is 5.97 Å². The highest BCUT2D eigenvalue weighted by atomic mass is 16.5. The van der Waals surface area contributed by atoms with Crippen molar-refractivity contribution in [2.75, 3.05) is 6.61 Å². The molecule has 116 valence electrons. The van der Waals surface area contributed by atoms with Crippen molar-refractivity contribution in [3.63, 3.8) is 0 Å². The average Bonchev–Trinajstić information content (AvgIpc) is 2.60. The van der Waals surface area contributed by atoms with Gasteiger partial charge in [-0.1, -0.05) is 30.3 Å². The van der Waals surface area contributed by atoms with Gasteiger partial charge in [-0.15, -0.1) is 0 Å². The van der Waals surface area contributed by atoms with Crippen LogP contribution in [0.15, 0.2) is 60.8 Å². The van der Waals surface area contributed by atoms with E-state index in [1.165, 1.54) is 6.20 Å². The van der Waals surface area contributed by atoms with Crippen LogP contribution in [0.4, 0.5) is 0 Å². The number of pyridine rings is 1. The summed E-state index contributed by atoms with van der Waals surface area (Å²) < 4.78 is 10.8. The molecule has 4 heteroatoms. The molecule has 0 radical (unpaired) electrons. The summed E-state index contributed by atoms with van der Waals surface area (Å²) in [5.74, 6) is 0.393. The Morgan fingerprint density at radius 1 is 1.09 bits per heavy atom. The molecule has 3 aromatic rings. The molecule has 4 nitrogen and oxygen atoms in total. The maximum absolute atomic E-state index is 11.7. The van der Waals surface area contributed by atoms with Crippen molar-refractivity contribution in [1.82, 2.24) is 4.98 Å². The van der Waals surface area contributed by atoms with Gasteiger partial charge in [0.25, 0.3) is 0 Å². The Morgan fingerprint density at radius 3 is 2.70 bits per heavy atom. The first-order chi connectivity index (χ1) is 11.3. The van der Waals surface area contributed by atoms with Crippen LogP contribution in [0.3, 0.4) is 0 Å². The van der Waals surface area contributed by atoms with Gasteiger partial charge in [0.2, 0.25) is 0 Å². The summed E-state index contributed by atoms with van der Waals surface area (Å²) in [6.07, 6.45) is 1.53. The zero-order chi connectivity index (χ0) is 16.1. The number of hydrogen-bond acceptors (Lipinski definition) is 4. The van der Waals surface area contributed by atoms with E-state index < -0.39 is 0 Å². The highest BCUT2D eigenvalue weighted by Crippen LogP contribution is 2.21. The summed E-state index contributed by atoms with van der Waals surface area (Å²) in [7, 11) is 0. The number of esters is 1. The SMILES string of the molecule is CCOC(=O)c1cnc2cc(OCc3ccccc3)ccc2c1. The van der Waals surface area contributed by atoms with Gasteiger partial charge < -0.3 is 9.47 Å². The molecule has 0 saturated heterocycles. The van der Waals surface area contributed by atoms with Crippen LogP contribution in [0.5, 0.6) is 5.75 Å². The Hall–Kier alpha value is -2.88. The van der Waals surface area contributed by atoms with E-state index in [1.807, 2.05) is 48.5 Å². The lowest BCUT2D eigenvalue weighted by Crippen LogP contribution is -2.05. The summed E-state index contributed by atoms with van der Waals surface area (Å²) in [4.78, 5) is 16.0. The van der Waals surface area contributed by atoms with Crippen molar-refractivity contribution in [2.24, 2.45) is 0 Å². The van der Waals surface area contributed by atoms with Crippen molar-refractivity contribution in [2.45, 2.75) is 13.5 Å². The first-order valence-electron chi connectivity index (χ1n) is 7.50. The summed E-state index contributed by atoms with van der Waals surface area (Å²) in [5.41, 5.74) is 2.35. The average molecular weight is 307 g/mol. The van der Waals surface area contributed by atoms with Crippen molar-refractivity contribution in [1.29, 1.82) is 0 Å². The molecule has 2 aromatic carbocycles. The Morgan fingerprint density at radius 2 is 1.91 bits per heavy atom. The predicted octanol–water partition coefficient (Wildman–Crippen LogP) is 3.99. The lowest BCUT2D eigenvalue weighted by atomic mass is 10.1. The molecule has 0 fully saturated rings. The zero-order valence-corrected chi connectivity index (χ0v) is 12.9. The van der Waals surface area contributed by atoms with E-state index in [1.54, 1.807) is 13.0 Å². The molecule has 3 rings (SSSR count). The summed E-state index contributed by atoms with van der Waals surface area (Å²) in [5, 5.41) is 0.877. The standard InChI is InChI=1S/C19H17NO3/c1-2-22-19(21)16-10-15-8-9-17(11-18(15)20-12-16)23-13-14-6-4-3-5-7-14/h3-12H,2,13H2,1H3. The molecule has 0 bridgehead atoms. The fourth-order valence-corrected chi connectivity index (χ4v) is 2.26. The number of fused-ring (bicyclic) bond motifs is 1. The Bertz CT molecular complexity index is 815. The number of ether oxygens (including phenoxy) is 2. The molecule has 0 saturated carbocycles. The number of rotatable bonds is 5. The molecule has 0 amide bonds. The minimum atomic E-state index is -0.355. The molecule has 0 atom stereocenters. The van der Waals surface area contributed by atoms with Gasteiger partial charge in [-0.25, -0.2) is 4.79 Å². The second-order valence-corrected chi connectivity index (χ2v) is 5.07. The van der Waals surface area contributed by atoms with Crippen LogP contribution in [0.25, 0.3) is 10.9 Å². The van der Waals surface area contributed by atoms with Gasteiger partial charge in [-0.2, -0.15) is 0 Å². The third kappa shape index (κ3) is 3.66. The lowest BCUT2D eigenvalue weighted by molar-refractivity contribution is 0.0526. The van der Waals surface area contributed by atoms with E-state index in [0.29, 0.717) is 18.8 Å². The largest absolute Gasteiger partial charge is 0.489 e. The normalized spacial score (nSPS) is 10.5. The molecule has 0 aliphatic rings. The molecule has 0 spiro atoms. The van der Waals surface area contributed by atoms with Crippen LogP contribution in [0.2, 0.25) is 0 Å². The van der Waals surface area contributed by atoms with E-state index >= 15 is 0 Å². The number of aromatic nitrogens is 1. The predicted molar refractivity (Wildman–Crippen MR) is 88.5 cm³/mol. The van der Waals surface area contributed by atoms with E-state index in [0.717, 1.165) is 22.2 Å². The number of carbonyl (C=O) groups is 1. The molecule has 0 N–H and O–H groups in total. The fraction of sp³-hybridized carbons (Fsp3) is 0.158. The zero-order valence-electron chi connectivity index (χ0n) is 12.9. The quantitative estimate of drug-likeness (QED) is 0.669. The fourth-order valence-electron chi connectivity index (χ4n) is 2.26. The van der Waals surface area contributed by atoms with E-state index in [9.17, 15) is 4.79 Å². The molecule has 1 aromatic heterocycles. The van der Waals surface area contributed by atoms with Gasteiger partial charge in [0.05, 0.1) is 17.7 Å². The van der Waals surface area contributed by atoms with Crippen molar-refractivity contribution < 1.29 is 14.3 Å². The summed E-state index contributed by atoms with van der Waals surface area (Å²) in [6, 6.07) is 17.4. The number of benzene rings is 2. The van der Waals surface area contributed by atoms with Gasteiger partial charge in [-0.3, -0.25) is 4.98 Å². The molecule has 0 aliphatic heterocycles. The minimum absolute atomic E-state index is 0.350. The highest BCUT2D eigenvalue weighted by Gasteiger charge is 2.08. The van der Waals surface area contributed by atoms with Gasteiger partial charge in [0.15, 0.2) is 0 Å². The number of nitrogens with zero attached hydrogens (tertiary/aromatic N) is 1. The van der Waals surface area contributed by atoms with Crippen LogP contribution in [-0.2, 0) is 11.3 Å². The van der Waals surface area contributed by atoms with E-state index in [4.69, 9.17) is 9.47 Å². The Balaban J connectivity index is 1.77. The van der Waals surface area contributed by atoms with Crippen LogP contribution in [-0.4, -0.2) is 17.6 Å². The summed E-state index contributed by atoms with van der Waals surface area (Å²) >= 11 is 0. The topological polar surface area (TPSA) is 48.4 Å². The molecule has 0 aliphatic carbocycles. The van der Waals surface area contributed by atoms with E-state index in [-0.39, 0.29) is 5.97 Å². The van der Waals surface area contributed by atoms with E-state index in [2.05, 4.69) is 4.98 Å². The van der Waals surface area contributed by atoms with Crippen LogP contribution in [0.1, 0.15) is 22.8 Å². The molecule has 0 unspecified atom stereocenters. The maximum atomic E-state index is 11.7. The molecular weight excluding hydrogens is 290 g/mol. The number of carbonyl (C=O) groups excluding carboxylic acids is 1. The monoisotopic (exact) mass is 307 g/mol. The van der Waals surface area contributed by atoms with Crippen LogP contribution < -0.4 is 4.74 Å². The second-order valence-electron chi connectivity index (χ2n) is 5.07. The van der Waals surface area contributed by atoms with Crippen LogP contribution in [0, 0.1) is 0 Å². The first-order valence-corrected chi connectivity index (χ1v) is 7.50. The van der Waals surface area contributed by atoms with Gasteiger partial charge in [-0.05, 0) is 30.7 Å². The van der Waals surface area contributed by atoms with Gasteiger partial charge in [0.1, 0.15) is 12.4 Å². The number of hydrogen-bond donors (Lipinski definition) is 0. The van der Waals surface area contributed by atoms with Gasteiger partial charge in [0, 0.05) is 17.6 Å². The van der Waals surface area contributed by atoms with Crippen molar-refractivity contribution >= 4 is 16.9 Å². The summed E-state index contributed by atoms with van der Waals surface area (Å²) in [6.45, 7) is 2.64. The first kappa shape index (κ1) is 15.0. The van der Waals surface area contributed by atoms with Crippen molar-refractivity contribution in [3.8, 4) is 5.75 Å². The minimum Gasteiger partial charge on any atom is -0.489 e. The van der Waals surface area contributed by atoms with Crippen molar-refractivity contribution in [3.05, 3.63) is 71.9 Å². The molecule has 1 heterocycles. The molecular formula is C19H17NO3. The molecule has 23 heavy (non-hydrogen) atoms. The smallest absolute Gasteiger partial charge is 0.339 e. The third-order valence-electron chi connectivity index (χ3n) is 3.42. The Kier molecular flexibility index (Phi) is 4.52. The lowest BCUT2D eigenvalue weighted by Gasteiger charge is -2.08. The Labute approximate surface area is 134 Å². The van der Waals surface area contributed by atoms with Crippen LogP contribution >= 0.6 is 0 Å².